The van der Waals surface area contributed by atoms with Crippen LogP contribution in [0.3, 0.4) is 0 Å². The monoisotopic (exact) mass is 378 g/mol. The Morgan fingerprint density at radius 2 is 1.89 bits per heavy atom. The summed E-state index contributed by atoms with van der Waals surface area (Å²) < 4.78 is 7.38. The predicted molar refractivity (Wildman–Crippen MR) is 101 cm³/mol. The summed E-state index contributed by atoms with van der Waals surface area (Å²) in [4.78, 5) is 37.6. The molecular weight excluding hydrogens is 364 g/mol. The van der Waals surface area contributed by atoms with Crippen LogP contribution in [-0.4, -0.2) is 33.5 Å². The molecule has 0 N–H and O–H groups in total. The van der Waals surface area contributed by atoms with Crippen molar-refractivity contribution in [3.05, 3.63) is 65.2 Å². The molecule has 1 amide bonds. The Morgan fingerprint density at radius 3 is 2.70 bits per heavy atom. The molecule has 2 aromatic heterocycles. The third-order valence-corrected chi connectivity index (χ3v) is 5.08. The van der Waals surface area contributed by atoms with Crippen LogP contribution in [0.5, 0.6) is 0 Å². The number of carbonyl (C=O) groups excluding carboxylic acids is 2. The van der Waals surface area contributed by atoms with Crippen LogP contribution in [-0.2, 0) is 16.1 Å². The Labute approximate surface area is 157 Å². The Bertz CT molecular complexity index is 1240. The van der Waals surface area contributed by atoms with Gasteiger partial charge in [0.05, 0.1) is 28.4 Å². The van der Waals surface area contributed by atoms with Gasteiger partial charge in [0.25, 0.3) is 5.91 Å². The van der Waals surface area contributed by atoms with Gasteiger partial charge in [-0.2, -0.15) is 4.99 Å². The first-order valence-corrected chi connectivity index (χ1v) is 8.92. The van der Waals surface area contributed by atoms with Gasteiger partial charge in [0.1, 0.15) is 6.54 Å². The van der Waals surface area contributed by atoms with Crippen LogP contribution in [0.25, 0.3) is 21.3 Å². The van der Waals surface area contributed by atoms with Crippen LogP contribution < -0.4 is 4.80 Å². The van der Waals surface area contributed by atoms with Crippen molar-refractivity contribution in [2.24, 2.45) is 4.99 Å². The molecule has 0 saturated heterocycles. The fourth-order valence-corrected chi connectivity index (χ4v) is 3.73. The Kier molecular flexibility index (Phi) is 4.47. The number of carbonyl (C=O) groups is 2. The maximum atomic E-state index is 12.7. The summed E-state index contributed by atoms with van der Waals surface area (Å²) >= 11 is 1.34. The molecule has 4 rings (SSSR count). The molecule has 0 spiro atoms. The second kappa shape index (κ2) is 7.08. The highest BCUT2D eigenvalue weighted by Gasteiger charge is 2.12. The molecule has 0 aliphatic rings. The fraction of sp³-hybridized carbons (Fsp3) is 0.105. The Balaban J connectivity index is 1.82. The minimum atomic E-state index is -0.410. The van der Waals surface area contributed by atoms with E-state index in [0.717, 1.165) is 10.2 Å². The van der Waals surface area contributed by atoms with Gasteiger partial charge < -0.3 is 9.30 Å². The lowest BCUT2D eigenvalue weighted by Gasteiger charge is -2.03. The van der Waals surface area contributed by atoms with Crippen LogP contribution in [0, 0.1) is 0 Å². The van der Waals surface area contributed by atoms with E-state index < -0.39 is 11.9 Å². The lowest BCUT2D eigenvalue weighted by molar-refractivity contribution is -0.141. The highest BCUT2D eigenvalue weighted by Crippen LogP contribution is 2.17. The van der Waals surface area contributed by atoms with Crippen molar-refractivity contribution in [2.45, 2.75) is 6.54 Å². The number of aromatic nitrogens is 3. The van der Waals surface area contributed by atoms with Gasteiger partial charge in [0, 0.05) is 18.0 Å². The van der Waals surface area contributed by atoms with E-state index in [0.29, 0.717) is 21.4 Å². The van der Waals surface area contributed by atoms with Crippen LogP contribution in [0.15, 0.2) is 59.9 Å². The average molecular weight is 378 g/mol. The topological polar surface area (TPSA) is 86.4 Å². The Hall–Kier alpha value is -3.39. The zero-order chi connectivity index (χ0) is 18.8. The highest BCUT2D eigenvalue weighted by atomic mass is 32.1. The van der Waals surface area contributed by atoms with Crippen molar-refractivity contribution in [2.75, 3.05) is 7.11 Å². The number of thiazole rings is 1. The summed E-state index contributed by atoms with van der Waals surface area (Å²) in [5.74, 6) is -0.818. The van der Waals surface area contributed by atoms with Gasteiger partial charge in [-0.25, -0.2) is 0 Å². The van der Waals surface area contributed by atoms with Gasteiger partial charge in [0.2, 0.25) is 0 Å². The number of fused-ring (bicyclic) bond motifs is 2. The molecule has 2 heterocycles. The molecule has 0 unspecified atom stereocenters. The number of benzene rings is 2. The molecule has 7 nitrogen and oxygen atoms in total. The van der Waals surface area contributed by atoms with E-state index in [2.05, 4.69) is 15.0 Å². The molecule has 8 heteroatoms. The summed E-state index contributed by atoms with van der Waals surface area (Å²) in [6, 6.07) is 12.6. The third kappa shape index (κ3) is 3.34. The zero-order valence-electron chi connectivity index (χ0n) is 14.3. The smallest absolute Gasteiger partial charge is 0.325 e. The van der Waals surface area contributed by atoms with E-state index in [1.54, 1.807) is 35.2 Å². The zero-order valence-corrected chi connectivity index (χ0v) is 15.1. The molecular formula is C19H14N4O3S. The molecule has 0 radical (unpaired) electrons. The van der Waals surface area contributed by atoms with Crippen LogP contribution >= 0.6 is 11.3 Å². The van der Waals surface area contributed by atoms with Gasteiger partial charge in [-0.3, -0.25) is 19.6 Å². The third-order valence-electron chi connectivity index (χ3n) is 4.02. The van der Waals surface area contributed by atoms with E-state index in [1.165, 1.54) is 18.4 Å². The minimum Gasteiger partial charge on any atom is -0.468 e. The number of para-hydroxylation sites is 1. The number of nitrogens with zero attached hydrogens (tertiary/aromatic N) is 4. The molecule has 134 valence electrons. The van der Waals surface area contributed by atoms with Gasteiger partial charge in [0.15, 0.2) is 4.80 Å². The number of hydrogen-bond acceptors (Lipinski definition) is 6. The summed E-state index contributed by atoms with van der Waals surface area (Å²) in [6.07, 6.45) is 3.17. The maximum absolute atomic E-state index is 12.7. The molecule has 0 atom stereocenters. The molecule has 0 aliphatic carbocycles. The van der Waals surface area contributed by atoms with Crippen LogP contribution in [0.2, 0.25) is 0 Å². The standard InChI is InChI=1S/C19H14N4O3S/c1-26-17(24)11-23-15-4-2-3-5-16(15)27-19(23)22-18(25)12-6-7-13-14(10-12)21-9-8-20-13/h2-10H,11H2,1H3. The summed E-state index contributed by atoms with van der Waals surface area (Å²) in [5.41, 5.74) is 2.56. The van der Waals surface area contributed by atoms with Crippen LogP contribution in [0.4, 0.5) is 0 Å². The number of hydrogen-bond donors (Lipinski definition) is 0. The number of methoxy groups -OCH3 is 1. The molecule has 2 aromatic carbocycles. The van der Waals surface area contributed by atoms with Crippen molar-refractivity contribution in [3.63, 3.8) is 0 Å². The first-order chi connectivity index (χ1) is 13.2. The van der Waals surface area contributed by atoms with Gasteiger partial charge >= 0.3 is 5.97 Å². The van der Waals surface area contributed by atoms with Crippen molar-refractivity contribution in [1.29, 1.82) is 0 Å². The van der Waals surface area contributed by atoms with Crippen molar-refractivity contribution < 1.29 is 14.3 Å². The SMILES string of the molecule is COC(=O)Cn1c(=NC(=O)c2ccc3nccnc3c2)sc2ccccc21. The van der Waals surface area contributed by atoms with Crippen molar-refractivity contribution >= 4 is 44.5 Å². The van der Waals surface area contributed by atoms with Crippen LogP contribution in [0.1, 0.15) is 10.4 Å². The lowest BCUT2D eigenvalue weighted by Crippen LogP contribution is -2.22. The molecule has 0 fully saturated rings. The normalized spacial score (nSPS) is 11.8. The van der Waals surface area contributed by atoms with Gasteiger partial charge in [-0.1, -0.05) is 23.5 Å². The largest absolute Gasteiger partial charge is 0.468 e. The molecule has 0 saturated carbocycles. The van der Waals surface area contributed by atoms with E-state index >= 15 is 0 Å². The first kappa shape index (κ1) is 17.0. The Morgan fingerprint density at radius 1 is 1.11 bits per heavy atom. The lowest BCUT2D eigenvalue weighted by atomic mass is 10.2. The number of esters is 1. The molecule has 0 aliphatic heterocycles. The summed E-state index contributed by atoms with van der Waals surface area (Å²) in [5, 5.41) is 0. The quantitative estimate of drug-likeness (QED) is 0.512. The summed E-state index contributed by atoms with van der Waals surface area (Å²) in [6.45, 7) is -0.0180. The molecule has 27 heavy (non-hydrogen) atoms. The second-order valence-electron chi connectivity index (χ2n) is 5.69. The predicted octanol–water partition coefficient (Wildman–Crippen LogP) is 2.56. The second-order valence-corrected chi connectivity index (χ2v) is 6.70. The number of rotatable bonds is 3. The first-order valence-electron chi connectivity index (χ1n) is 8.11. The van der Waals surface area contributed by atoms with Gasteiger partial charge in [-0.05, 0) is 30.3 Å². The average Bonchev–Trinajstić information content (AvgIpc) is 3.04. The van der Waals surface area contributed by atoms with E-state index in [4.69, 9.17) is 4.74 Å². The maximum Gasteiger partial charge on any atom is 0.325 e. The van der Waals surface area contributed by atoms with E-state index in [9.17, 15) is 9.59 Å². The summed E-state index contributed by atoms with van der Waals surface area (Å²) in [7, 11) is 1.33. The van der Waals surface area contributed by atoms with Crippen molar-refractivity contribution in [1.82, 2.24) is 14.5 Å². The minimum absolute atomic E-state index is 0.0180. The highest BCUT2D eigenvalue weighted by molar-refractivity contribution is 7.16. The van der Waals surface area contributed by atoms with Gasteiger partial charge in [-0.15, -0.1) is 0 Å². The molecule has 0 bridgehead atoms. The fourth-order valence-electron chi connectivity index (χ4n) is 2.70. The van der Waals surface area contributed by atoms with Crippen molar-refractivity contribution in [3.8, 4) is 0 Å². The number of ether oxygens (including phenoxy) is 1. The number of amides is 1. The molecule has 4 aromatic rings. The van der Waals surface area contributed by atoms with E-state index in [1.807, 2.05) is 24.3 Å². The van der Waals surface area contributed by atoms with E-state index in [-0.39, 0.29) is 6.54 Å².